The van der Waals surface area contributed by atoms with E-state index < -0.39 is 0 Å². The topological polar surface area (TPSA) is 81.1 Å². The molecule has 5 nitrogen and oxygen atoms in total. The minimum atomic E-state index is -0.263. The van der Waals surface area contributed by atoms with Gasteiger partial charge in [0.15, 0.2) is 11.5 Å². The van der Waals surface area contributed by atoms with E-state index in [-0.39, 0.29) is 24.0 Å². The minimum Gasteiger partial charge on any atom is -0.355 e. The molecule has 2 heterocycles. The van der Waals surface area contributed by atoms with E-state index in [1.165, 1.54) is 11.3 Å². The average molecular weight is 322 g/mol. The maximum Gasteiger partial charge on any atom is 0.273 e. The highest BCUT2D eigenvalue weighted by Crippen LogP contribution is 2.31. The third kappa shape index (κ3) is 4.21. The van der Waals surface area contributed by atoms with E-state index in [1.54, 1.807) is 12.1 Å². The summed E-state index contributed by atoms with van der Waals surface area (Å²) in [5, 5.41) is 6.43. The molecule has 0 aliphatic heterocycles. The minimum absolute atomic E-state index is 0. The summed E-state index contributed by atoms with van der Waals surface area (Å²) in [7, 11) is 0. The highest BCUT2D eigenvalue weighted by atomic mass is 35.5. The predicted octanol–water partition coefficient (Wildman–Crippen LogP) is 2.56. The van der Waals surface area contributed by atoms with Crippen LogP contribution in [0.1, 0.15) is 16.9 Å². The van der Waals surface area contributed by atoms with E-state index in [0.29, 0.717) is 23.2 Å². The van der Waals surface area contributed by atoms with Gasteiger partial charge >= 0.3 is 0 Å². The zero-order valence-corrected chi connectivity index (χ0v) is 12.3. The number of nitrogens with two attached hydrogens (primary N) is 1. The van der Waals surface area contributed by atoms with E-state index in [1.807, 2.05) is 6.07 Å². The molecule has 19 heavy (non-hydrogen) atoms. The Kier molecular flexibility index (Phi) is 6.30. The maximum absolute atomic E-state index is 11.7. The normalized spacial score (nSPS) is 10.0. The molecule has 0 unspecified atom stereocenters. The lowest BCUT2D eigenvalue weighted by Crippen LogP contribution is -2.26. The van der Waals surface area contributed by atoms with Crippen molar-refractivity contribution in [1.29, 1.82) is 0 Å². The Bertz CT molecular complexity index is 542. The first kappa shape index (κ1) is 16.0. The van der Waals surface area contributed by atoms with Gasteiger partial charge in [0, 0.05) is 12.6 Å². The average Bonchev–Trinajstić information content (AvgIpc) is 2.97. The smallest absolute Gasteiger partial charge is 0.273 e. The second-order valence-electron chi connectivity index (χ2n) is 3.58. The molecule has 0 bridgehead atoms. The molecule has 2 rings (SSSR count). The number of amides is 1. The van der Waals surface area contributed by atoms with Crippen molar-refractivity contribution in [3.63, 3.8) is 0 Å². The number of nitrogens with zero attached hydrogens (tertiary/aromatic N) is 1. The second-order valence-corrected chi connectivity index (χ2v) is 5.29. The van der Waals surface area contributed by atoms with E-state index >= 15 is 0 Å². The highest BCUT2D eigenvalue weighted by molar-refractivity contribution is 7.19. The first-order valence-electron chi connectivity index (χ1n) is 5.41. The monoisotopic (exact) mass is 321 g/mol. The summed E-state index contributed by atoms with van der Waals surface area (Å²) in [6, 6.07) is 5.19. The lowest BCUT2D eigenvalue weighted by Gasteiger charge is -1.99. The third-order valence-electron chi connectivity index (χ3n) is 2.23. The van der Waals surface area contributed by atoms with E-state index in [4.69, 9.17) is 21.9 Å². The third-order valence-corrected chi connectivity index (χ3v) is 3.47. The molecule has 0 radical (unpaired) electrons. The number of carbonyl (C=O) groups is 1. The number of rotatable bonds is 5. The summed E-state index contributed by atoms with van der Waals surface area (Å²) in [5.41, 5.74) is 5.60. The molecular weight excluding hydrogens is 309 g/mol. The van der Waals surface area contributed by atoms with Gasteiger partial charge in [0.1, 0.15) is 0 Å². The van der Waals surface area contributed by atoms with Crippen LogP contribution in [0.2, 0.25) is 4.34 Å². The first-order valence-corrected chi connectivity index (χ1v) is 6.61. The number of hydrogen-bond donors (Lipinski definition) is 2. The molecule has 0 saturated carbocycles. The molecule has 0 aromatic carbocycles. The molecule has 1 amide bonds. The number of aromatic nitrogens is 1. The van der Waals surface area contributed by atoms with Gasteiger partial charge in [-0.15, -0.1) is 23.7 Å². The summed E-state index contributed by atoms with van der Waals surface area (Å²) < 4.78 is 5.77. The van der Waals surface area contributed by atoms with Crippen molar-refractivity contribution in [3.8, 4) is 10.6 Å². The van der Waals surface area contributed by atoms with Crippen LogP contribution >= 0.6 is 35.3 Å². The van der Waals surface area contributed by atoms with Gasteiger partial charge in [-0.2, -0.15) is 0 Å². The van der Waals surface area contributed by atoms with Crippen molar-refractivity contribution < 1.29 is 9.32 Å². The van der Waals surface area contributed by atoms with Gasteiger partial charge in [0.25, 0.3) is 5.91 Å². The van der Waals surface area contributed by atoms with Gasteiger partial charge in [-0.3, -0.25) is 4.79 Å². The van der Waals surface area contributed by atoms with Crippen LogP contribution in [0.25, 0.3) is 10.6 Å². The molecule has 0 fully saturated rings. The zero-order chi connectivity index (χ0) is 13.0. The SMILES string of the molecule is Cl.NCCCNC(=O)c1cc(-c2ccc(Cl)s2)on1. The molecule has 0 aliphatic rings. The van der Waals surface area contributed by atoms with Crippen LogP contribution in [0.4, 0.5) is 0 Å². The fourth-order valence-corrected chi connectivity index (χ4v) is 2.33. The summed E-state index contributed by atoms with van der Waals surface area (Å²) in [6.07, 6.45) is 0.733. The highest BCUT2D eigenvalue weighted by Gasteiger charge is 2.14. The molecule has 2 aromatic heterocycles. The zero-order valence-electron chi connectivity index (χ0n) is 9.89. The Morgan fingerprint density at radius 3 is 2.95 bits per heavy atom. The Labute approximate surface area is 125 Å². The molecule has 104 valence electrons. The molecular formula is C11H13Cl2N3O2S. The van der Waals surface area contributed by atoms with Crippen LogP contribution in [0.5, 0.6) is 0 Å². The lowest BCUT2D eigenvalue weighted by atomic mass is 10.3. The van der Waals surface area contributed by atoms with Crippen molar-refractivity contribution in [3.05, 3.63) is 28.2 Å². The van der Waals surface area contributed by atoms with E-state index in [0.717, 1.165) is 11.3 Å². The van der Waals surface area contributed by atoms with Crippen molar-refractivity contribution in [2.45, 2.75) is 6.42 Å². The largest absolute Gasteiger partial charge is 0.355 e. The Balaban J connectivity index is 0.00000180. The van der Waals surface area contributed by atoms with Gasteiger partial charge in [-0.05, 0) is 25.1 Å². The van der Waals surface area contributed by atoms with Gasteiger partial charge in [-0.25, -0.2) is 0 Å². The molecule has 2 aromatic rings. The molecule has 0 aliphatic carbocycles. The number of nitrogens with one attached hydrogen (secondary N) is 1. The van der Waals surface area contributed by atoms with Crippen molar-refractivity contribution in [2.24, 2.45) is 5.73 Å². The fraction of sp³-hybridized carbons (Fsp3) is 0.273. The first-order chi connectivity index (χ1) is 8.70. The summed E-state index contributed by atoms with van der Waals surface area (Å²) >= 11 is 7.20. The van der Waals surface area contributed by atoms with Crippen LogP contribution in [0.15, 0.2) is 22.7 Å². The molecule has 8 heteroatoms. The van der Waals surface area contributed by atoms with Crippen molar-refractivity contribution >= 4 is 41.3 Å². The molecule has 0 atom stereocenters. The lowest BCUT2D eigenvalue weighted by molar-refractivity contribution is 0.0944. The van der Waals surface area contributed by atoms with Crippen LogP contribution in [0, 0.1) is 0 Å². The number of carbonyl (C=O) groups excluding carboxylic acids is 1. The summed E-state index contributed by atoms with van der Waals surface area (Å²) in [5.74, 6) is 0.275. The Morgan fingerprint density at radius 1 is 1.53 bits per heavy atom. The Hall–Kier alpha value is -1.08. The van der Waals surface area contributed by atoms with Crippen molar-refractivity contribution in [2.75, 3.05) is 13.1 Å². The predicted molar refractivity (Wildman–Crippen MR) is 78.1 cm³/mol. The summed E-state index contributed by atoms with van der Waals surface area (Å²) in [4.78, 5) is 12.5. The Morgan fingerprint density at radius 2 is 2.32 bits per heavy atom. The van der Waals surface area contributed by atoms with Gasteiger partial charge in [-0.1, -0.05) is 16.8 Å². The molecule has 0 saturated heterocycles. The maximum atomic E-state index is 11.7. The van der Waals surface area contributed by atoms with Gasteiger partial charge in [0.2, 0.25) is 0 Å². The number of halogens is 2. The van der Waals surface area contributed by atoms with E-state index in [2.05, 4.69) is 10.5 Å². The number of thiophene rings is 1. The van der Waals surface area contributed by atoms with E-state index in [9.17, 15) is 4.79 Å². The summed E-state index contributed by atoms with van der Waals surface area (Å²) in [6.45, 7) is 1.07. The van der Waals surface area contributed by atoms with Crippen molar-refractivity contribution in [1.82, 2.24) is 10.5 Å². The van der Waals surface area contributed by atoms with Crippen LogP contribution in [-0.4, -0.2) is 24.2 Å². The van der Waals surface area contributed by atoms with Crippen LogP contribution in [-0.2, 0) is 0 Å². The van der Waals surface area contributed by atoms with Crippen LogP contribution in [0.3, 0.4) is 0 Å². The number of hydrogen-bond acceptors (Lipinski definition) is 5. The van der Waals surface area contributed by atoms with Gasteiger partial charge < -0.3 is 15.6 Å². The standard InChI is InChI=1S/C11H12ClN3O2S.ClH/c12-10-3-2-9(18-10)8-6-7(15-17-8)11(16)14-5-1-4-13;/h2-3,6H,1,4-5,13H2,(H,14,16);1H. The van der Waals surface area contributed by atoms with Gasteiger partial charge in [0.05, 0.1) is 9.21 Å². The fourth-order valence-electron chi connectivity index (χ4n) is 1.34. The quantitative estimate of drug-likeness (QED) is 0.829. The molecule has 3 N–H and O–H groups in total. The van der Waals surface area contributed by atoms with Crippen LogP contribution < -0.4 is 11.1 Å². The molecule has 0 spiro atoms. The second kappa shape index (κ2) is 7.49.